The maximum Gasteiger partial charge on any atom is 0.255 e. The summed E-state index contributed by atoms with van der Waals surface area (Å²) in [4.78, 5) is 12.9. The molecule has 0 aliphatic carbocycles. The smallest absolute Gasteiger partial charge is 0.255 e. The molecule has 0 spiro atoms. The second kappa shape index (κ2) is 9.27. The van der Waals surface area contributed by atoms with Crippen LogP contribution in [0.2, 0.25) is 0 Å². The Bertz CT molecular complexity index is 1150. The Labute approximate surface area is 186 Å². The third kappa shape index (κ3) is 4.57. The van der Waals surface area contributed by atoms with Crippen LogP contribution in [-0.4, -0.2) is 23.2 Å². The van der Waals surface area contributed by atoms with Crippen LogP contribution < -0.4 is 10.1 Å². The zero-order valence-corrected chi connectivity index (χ0v) is 17.5. The lowest BCUT2D eigenvalue weighted by Gasteiger charge is -2.22. The van der Waals surface area contributed by atoms with Crippen LogP contribution in [0, 0.1) is 0 Å². The van der Waals surface area contributed by atoms with Crippen molar-refractivity contribution in [3.8, 4) is 17.2 Å². The number of rotatable bonds is 6. The zero-order chi connectivity index (χ0) is 22.5. The lowest BCUT2D eigenvalue weighted by Crippen LogP contribution is -2.15. The van der Waals surface area contributed by atoms with Crippen molar-refractivity contribution < 1.29 is 19.7 Å². The molecule has 160 valence electrons. The number of amides is 1. The molecule has 32 heavy (non-hydrogen) atoms. The fourth-order valence-corrected chi connectivity index (χ4v) is 3.68. The average molecular weight is 425 g/mol. The van der Waals surface area contributed by atoms with Crippen molar-refractivity contribution in [1.29, 1.82) is 0 Å². The molecule has 0 heterocycles. The number of nitrogens with one attached hydrogen (secondary N) is 1. The first-order chi connectivity index (χ1) is 15.5. The number of hydrogen-bond acceptors (Lipinski definition) is 4. The lowest BCUT2D eigenvalue weighted by molar-refractivity contribution is 0.102. The maximum absolute atomic E-state index is 12.9. The fraction of sp³-hybridized carbons (Fsp3) is 0.0741. The summed E-state index contributed by atoms with van der Waals surface area (Å²) >= 11 is 0. The van der Waals surface area contributed by atoms with Gasteiger partial charge in [0.05, 0.1) is 7.11 Å². The molecule has 1 amide bonds. The van der Waals surface area contributed by atoms with Crippen LogP contribution >= 0.6 is 0 Å². The first-order valence-corrected chi connectivity index (χ1v) is 10.2. The highest BCUT2D eigenvalue weighted by molar-refractivity contribution is 6.04. The van der Waals surface area contributed by atoms with Gasteiger partial charge in [-0.1, -0.05) is 42.5 Å². The summed E-state index contributed by atoms with van der Waals surface area (Å²) in [6.07, 6.45) is 0. The van der Waals surface area contributed by atoms with Crippen LogP contribution in [0.3, 0.4) is 0 Å². The Morgan fingerprint density at radius 3 is 1.81 bits per heavy atom. The third-order valence-electron chi connectivity index (χ3n) is 5.33. The summed E-state index contributed by atoms with van der Waals surface area (Å²) < 4.78 is 5.17. The molecule has 5 nitrogen and oxygen atoms in total. The number of carbonyl (C=O) groups is 1. The minimum atomic E-state index is -0.227. The van der Waals surface area contributed by atoms with Gasteiger partial charge in [-0.3, -0.25) is 4.79 Å². The first kappa shape index (κ1) is 21.0. The fourth-order valence-electron chi connectivity index (χ4n) is 3.68. The molecule has 3 N–H and O–H groups in total. The summed E-state index contributed by atoms with van der Waals surface area (Å²) in [7, 11) is 1.58. The normalized spacial score (nSPS) is 10.7. The molecule has 4 aromatic carbocycles. The molecule has 0 saturated heterocycles. The van der Waals surface area contributed by atoms with Gasteiger partial charge in [-0.05, 0) is 71.3 Å². The van der Waals surface area contributed by atoms with E-state index in [-0.39, 0.29) is 23.3 Å². The summed E-state index contributed by atoms with van der Waals surface area (Å²) in [5, 5.41) is 22.5. The number of hydrogen-bond donors (Lipinski definition) is 3. The summed E-state index contributed by atoms with van der Waals surface area (Å²) in [6, 6.07) is 28.5. The van der Waals surface area contributed by atoms with Crippen LogP contribution in [0.1, 0.15) is 33.0 Å². The Kier molecular flexibility index (Phi) is 6.08. The predicted octanol–water partition coefficient (Wildman–Crippen LogP) is 5.54. The number of ether oxygens (including phenoxy) is 1. The number of anilines is 1. The molecule has 0 bridgehead atoms. The minimum Gasteiger partial charge on any atom is -0.508 e. The molecular weight excluding hydrogens is 402 g/mol. The molecule has 0 aliphatic heterocycles. The number of benzene rings is 4. The van der Waals surface area contributed by atoms with Gasteiger partial charge in [-0.2, -0.15) is 0 Å². The Hall–Kier alpha value is -4.25. The van der Waals surface area contributed by atoms with Gasteiger partial charge >= 0.3 is 0 Å². The Balaban J connectivity index is 1.74. The summed E-state index contributed by atoms with van der Waals surface area (Å²) in [5.41, 5.74) is 3.98. The largest absolute Gasteiger partial charge is 0.508 e. The van der Waals surface area contributed by atoms with Crippen LogP contribution in [-0.2, 0) is 0 Å². The number of methoxy groups -OCH3 is 1. The maximum atomic E-state index is 12.9. The molecule has 0 unspecified atom stereocenters. The van der Waals surface area contributed by atoms with Gasteiger partial charge in [-0.15, -0.1) is 0 Å². The lowest BCUT2D eigenvalue weighted by atomic mass is 9.84. The van der Waals surface area contributed by atoms with Crippen molar-refractivity contribution in [1.82, 2.24) is 0 Å². The van der Waals surface area contributed by atoms with Crippen molar-refractivity contribution in [2.24, 2.45) is 0 Å². The average Bonchev–Trinajstić information content (AvgIpc) is 2.82. The molecule has 0 fully saturated rings. The highest BCUT2D eigenvalue weighted by Crippen LogP contribution is 2.37. The number of phenols is 2. The van der Waals surface area contributed by atoms with Gasteiger partial charge in [0, 0.05) is 17.2 Å². The molecule has 4 aromatic rings. The highest BCUT2D eigenvalue weighted by atomic mass is 16.5. The van der Waals surface area contributed by atoms with Gasteiger partial charge in [0.1, 0.15) is 17.2 Å². The van der Waals surface area contributed by atoms with E-state index in [1.54, 1.807) is 55.6 Å². The Morgan fingerprint density at radius 1 is 0.750 bits per heavy atom. The molecule has 0 radical (unpaired) electrons. The van der Waals surface area contributed by atoms with E-state index in [0.29, 0.717) is 17.0 Å². The number of aromatic hydroxyl groups is 2. The molecule has 0 aliphatic rings. The standard InChI is InChI=1S/C27H23NO4/c1-32-23-16-10-20(11-17-23)27(31)28-25-5-3-2-4-24(25)26(18-6-12-21(29)13-7-18)19-8-14-22(30)15-9-19/h2-17,26,29-30H,1H3,(H,28,31). The van der Waals surface area contributed by atoms with Crippen LogP contribution in [0.25, 0.3) is 0 Å². The molecule has 0 aromatic heterocycles. The van der Waals surface area contributed by atoms with Gasteiger partial charge in [0.25, 0.3) is 5.91 Å². The first-order valence-electron chi connectivity index (χ1n) is 10.2. The van der Waals surface area contributed by atoms with Crippen molar-refractivity contribution >= 4 is 11.6 Å². The molecule has 4 rings (SSSR count). The van der Waals surface area contributed by atoms with Crippen LogP contribution in [0.5, 0.6) is 17.2 Å². The van der Waals surface area contributed by atoms with E-state index in [9.17, 15) is 15.0 Å². The van der Waals surface area contributed by atoms with Crippen LogP contribution in [0.4, 0.5) is 5.69 Å². The second-order valence-corrected chi connectivity index (χ2v) is 7.39. The zero-order valence-electron chi connectivity index (χ0n) is 17.5. The number of phenolic OH excluding ortho intramolecular Hbond substituents is 2. The summed E-state index contributed by atoms with van der Waals surface area (Å²) in [5.74, 6) is 0.596. The molecule has 5 heteroatoms. The van der Waals surface area contributed by atoms with E-state index in [1.165, 1.54) is 0 Å². The van der Waals surface area contributed by atoms with E-state index in [0.717, 1.165) is 16.7 Å². The van der Waals surface area contributed by atoms with E-state index >= 15 is 0 Å². The van der Waals surface area contributed by atoms with Crippen molar-refractivity contribution in [3.63, 3.8) is 0 Å². The third-order valence-corrected chi connectivity index (χ3v) is 5.33. The van der Waals surface area contributed by atoms with Gasteiger partial charge in [0.15, 0.2) is 0 Å². The topological polar surface area (TPSA) is 78.8 Å². The second-order valence-electron chi connectivity index (χ2n) is 7.39. The summed E-state index contributed by atoms with van der Waals surface area (Å²) in [6.45, 7) is 0. The molecular formula is C27H23NO4. The van der Waals surface area contributed by atoms with E-state index in [2.05, 4.69) is 5.32 Å². The van der Waals surface area contributed by atoms with Gasteiger partial charge in [-0.25, -0.2) is 0 Å². The van der Waals surface area contributed by atoms with Gasteiger partial charge < -0.3 is 20.3 Å². The van der Waals surface area contributed by atoms with Gasteiger partial charge in [0.2, 0.25) is 0 Å². The van der Waals surface area contributed by atoms with E-state index in [4.69, 9.17) is 4.74 Å². The predicted molar refractivity (Wildman–Crippen MR) is 125 cm³/mol. The Morgan fingerprint density at radius 2 is 1.28 bits per heavy atom. The SMILES string of the molecule is COc1ccc(C(=O)Nc2ccccc2C(c2ccc(O)cc2)c2ccc(O)cc2)cc1. The van der Waals surface area contributed by atoms with Crippen LogP contribution in [0.15, 0.2) is 97.1 Å². The quantitative estimate of drug-likeness (QED) is 0.355. The van der Waals surface area contributed by atoms with Crippen molar-refractivity contribution in [3.05, 3.63) is 119 Å². The highest BCUT2D eigenvalue weighted by Gasteiger charge is 2.21. The monoisotopic (exact) mass is 425 g/mol. The van der Waals surface area contributed by atoms with E-state index in [1.807, 2.05) is 48.5 Å². The van der Waals surface area contributed by atoms with Crippen molar-refractivity contribution in [2.75, 3.05) is 12.4 Å². The molecule has 0 atom stereocenters. The van der Waals surface area contributed by atoms with Crippen molar-refractivity contribution in [2.45, 2.75) is 5.92 Å². The minimum absolute atomic E-state index is 0.180. The van der Waals surface area contributed by atoms with E-state index < -0.39 is 0 Å². The number of para-hydroxylation sites is 1. The number of carbonyl (C=O) groups excluding carboxylic acids is 1. The molecule has 0 saturated carbocycles.